The summed E-state index contributed by atoms with van der Waals surface area (Å²) in [6, 6.07) is 16.6. The summed E-state index contributed by atoms with van der Waals surface area (Å²) in [4.78, 5) is 37.7. The molecule has 13 heteroatoms. The monoisotopic (exact) mass is 602 g/mol. The molecule has 0 unspecified atom stereocenters. The first-order valence-corrected chi connectivity index (χ1v) is 14.3. The minimum absolute atomic E-state index is 0.0422. The van der Waals surface area contributed by atoms with Crippen molar-refractivity contribution in [2.75, 3.05) is 25.6 Å². The minimum atomic E-state index is -4.27. The highest BCUT2D eigenvalue weighted by Gasteiger charge is 2.35. The highest BCUT2D eigenvalue weighted by Crippen LogP contribution is 2.35. The van der Waals surface area contributed by atoms with Crippen LogP contribution in [0.15, 0.2) is 76.5 Å². The van der Waals surface area contributed by atoms with Crippen LogP contribution in [0.2, 0.25) is 5.02 Å². The van der Waals surface area contributed by atoms with Crippen molar-refractivity contribution in [1.82, 2.24) is 4.90 Å². The van der Waals surface area contributed by atoms with Gasteiger partial charge in [-0.05, 0) is 84.1 Å². The Balaban J connectivity index is 1.47. The fraction of sp³-hybridized carbons (Fsp3) is 0.148. The number of hydrogen-bond acceptors (Lipinski definition) is 9. The van der Waals surface area contributed by atoms with Gasteiger partial charge in [-0.2, -0.15) is 8.42 Å². The molecule has 208 valence electrons. The van der Waals surface area contributed by atoms with E-state index in [2.05, 4.69) is 5.32 Å². The largest absolute Gasteiger partial charge is 0.493 e. The molecule has 1 aliphatic heterocycles. The van der Waals surface area contributed by atoms with Gasteiger partial charge in [-0.3, -0.25) is 19.3 Å². The molecule has 0 aromatic heterocycles. The SMILES string of the molecule is COc1ccc(/C=C2\SC(=O)N(CCOc3ccc(Cl)cc3)C2=O)cc1OS(=O)(=O)c1ccc(NC(C)=O)cc1. The predicted molar refractivity (Wildman–Crippen MR) is 151 cm³/mol. The Labute approximate surface area is 240 Å². The van der Waals surface area contributed by atoms with Crippen molar-refractivity contribution < 1.29 is 36.5 Å². The van der Waals surface area contributed by atoms with Gasteiger partial charge in [-0.15, -0.1) is 0 Å². The zero-order valence-corrected chi connectivity index (χ0v) is 23.6. The van der Waals surface area contributed by atoms with Gasteiger partial charge in [0.2, 0.25) is 5.91 Å². The fourth-order valence-electron chi connectivity index (χ4n) is 3.55. The quantitative estimate of drug-likeness (QED) is 0.246. The van der Waals surface area contributed by atoms with Gasteiger partial charge in [0.15, 0.2) is 11.5 Å². The van der Waals surface area contributed by atoms with Crippen LogP contribution in [0, 0.1) is 0 Å². The van der Waals surface area contributed by atoms with Crippen LogP contribution < -0.4 is 19.0 Å². The standard InChI is InChI=1S/C27H23ClN2O8S2/c1-17(31)29-20-6-10-22(11-7-20)40(34,35)38-24-15-18(3-12-23(24)36-2)16-25-26(32)30(27(33)39-25)13-14-37-21-8-4-19(28)5-9-21/h3-12,15-16H,13-14H2,1-2H3,(H,29,31)/b25-16-. The second-order valence-electron chi connectivity index (χ2n) is 8.29. The molecule has 0 aliphatic carbocycles. The van der Waals surface area contributed by atoms with Gasteiger partial charge in [0, 0.05) is 17.6 Å². The number of amides is 3. The van der Waals surface area contributed by atoms with E-state index in [-0.39, 0.29) is 40.4 Å². The number of methoxy groups -OCH3 is 1. The van der Waals surface area contributed by atoms with Gasteiger partial charge in [-0.25, -0.2) is 0 Å². The van der Waals surface area contributed by atoms with Crippen molar-refractivity contribution in [2.24, 2.45) is 0 Å². The first kappa shape index (κ1) is 29.0. The Bertz CT molecular complexity index is 1570. The Hall–Kier alpha value is -4.00. The summed E-state index contributed by atoms with van der Waals surface area (Å²) in [5.41, 5.74) is 0.839. The highest BCUT2D eigenvalue weighted by molar-refractivity contribution is 8.18. The van der Waals surface area contributed by atoms with Crippen LogP contribution in [0.5, 0.6) is 17.2 Å². The van der Waals surface area contributed by atoms with Gasteiger partial charge >= 0.3 is 10.1 Å². The summed E-state index contributed by atoms with van der Waals surface area (Å²) in [5, 5.41) is 2.66. The molecule has 0 saturated carbocycles. The molecule has 1 fully saturated rings. The first-order chi connectivity index (χ1) is 19.1. The number of benzene rings is 3. The number of halogens is 1. The van der Waals surface area contributed by atoms with E-state index in [9.17, 15) is 22.8 Å². The summed E-state index contributed by atoms with van der Waals surface area (Å²) in [7, 11) is -2.91. The van der Waals surface area contributed by atoms with Crippen LogP contribution in [-0.2, 0) is 19.7 Å². The smallest absolute Gasteiger partial charge is 0.339 e. The third-order valence-electron chi connectivity index (χ3n) is 5.42. The Morgan fingerprint density at radius 2 is 1.73 bits per heavy atom. The second kappa shape index (κ2) is 12.5. The molecule has 40 heavy (non-hydrogen) atoms. The van der Waals surface area contributed by atoms with Crippen LogP contribution >= 0.6 is 23.4 Å². The average Bonchev–Trinajstić information content (AvgIpc) is 3.17. The predicted octanol–water partition coefficient (Wildman–Crippen LogP) is 5.19. The molecule has 3 aromatic carbocycles. The molecule has 1 saturated heterocycles. The van der Waals surface area contributed by atoms with Crippen LogP contribution in [0.4, 0.5) is 10.5 Å². The maximum Gasteiger partial charge on any atom is 0.339 e. The Morgan fingerprint density at radius 1 is 1.02 bits per heavy atom. The molecule has 1 heterocycles. The molecule has 1 aliphatic rings. The summed E-state index contributed by atoms with van der Waals surface area (Å²) in [5.74, 6) is -0.213. The zero-order valence-electron chi connectivity index (χ0n) is 21.3. The second-order valence-corrected chi connectivity index (χ2v) is 11.3. The van der Waals surface area contributed by atoms with Crippen LogP contribution in [-0.4, -0.2) is 50.6 Å². The third-order valence-corrected chi connectivity index (χ3v) is 7.83. The molecule has 1 N–H and O–H groups in total. The van der Waals surface area contributed by atoms with Gasteiger partial charge in [0.25, 0.3) is 11.1 Å². The van der Waals surface area contributed by atoms with E-state index in [4.69, 9.17) is 25.3 Å². The van der Waals surface area contributed by atoms with E-state index in [1.54, 1.807) is 30.3 Å². The molecule has 4 rings (SSSR count). The molecule has 3 amide bonds. The highest BCUT2D eigenvalue weighted by atomic mass is 35.5. The van der Waals surface area contributed by atoms with Gasteiger partial charge < -0.3 is 19.0 Å². The van der Waals surface area contributed by atoms with Crippen LogP contribution in [0.25, 0.3) is 6.08 Å². The number of rotatable bonds is 10. The Kier molecular flexibility index (Phi) is 9.03. The number of nitrogens with zero attached hydrogens (tertiary/aromatic N) is 1. The lowest BCUT2D eigenvalue weighted by atomic mass is 10.2. The molecule has 0 spiro atoms. The maximum absolute atomic E-state index is 12.9. The normalized spacial score (nSPS) is 14.4. The van der Waals surface area contributed by atoms with E-state index >= 15 is 0 Å². The summed E-state index contributed by atoms with van der Waals surface area (Å²) >= 11 is 6.62. The molecule has 0 radical (unpaired) electrons. The summed E-state index contributed by atoms with van der Waals surface area (Å²) in [6.45, 7) is 1.47. The molecular formula is C27H23ClN2O8S2. The lowest BCUT2D eigenvalue weighted by molar-refractivity contribution is -0.123. The van der Waals surface area contributed by atoms with Crippen molar-refractivity contribution in [3.05, 3.63) is 82.2 Å². The molecule has 10 nitrogen and oxygen atoms in total. The lowest BCUT2D eigenvalue weighted by Gasteiger charge is -2.13. The number of ether oxygens (including phenoxy) is 2. The van der Waals surface area contributed by atoms with E-state index < -0.39 is 21.3 Å². The van der Waals surface area contributed by atoms with Crippen molar-refractivity contribution in [2.45, 2.75) is 11.8 Å². The number of carbonyl (C=O) groups excluding carboxylic acids is 3. The van der Waals surface area contributed by atoms with Crippen molar-refractivity contribution >= 4 is 62.3 Å². The molecule has 3 aromatic rings. The average molecular weight is 603 g/mol. The van der Waals surface area contributed by atoms with E-state index in [0.29, 0.717) is 22.0 Å². The number of nitrogens with one attached hydrogen (secondary N) is 1. The fourth-order valence-corrected chi connectivity index (χ4v) is 5.48. The number of thioether (sulfide) groups is 1. The van der Waals surface area contributed by atoms with Crippen molar-refractivity contribution in [3.63, 3.8) is 0 Å². The number of carbonyl (C=O) groups is 3. The van der Waals surface area contributed by atoms with Crippen molar-refractivity contribution in [3.8, 4) is 17.2 Å². The molecule has 0 bridgehead atoms. The summed E-state index contributed by atoms with van der Waals surface area (Å²) < 4.78 is 42.0. The Morgan fingerprint density at radius 3 is 2.38 bits per heavy atom. The number of anilines is 1. The number of hydrogen-bond donors (Lipinski definition) is 1. The zero-order chi connectivity index (χ0) is 28.9. The van der Waals surface area contributed by atoms with Gasteiger partial charge in [-0.1, -0.05) is 17.7 Å². The van der Waals surface area contributed by atoms with Gasteiger partial charge in [0.05, 0.1) is 18.6 Å². The van der Waals surface area contributed by atoms with Crippen LogP contribution in [0.3, 0.4) is 0 Å². The molecular weight excluding hydrogens is 580 g/mol. The van der Waals surface area contributed by atoms with Crippen LogP contribution in [0.1, 0.15) is 12.5 Å². The molecule has 0 atom stereocenters. The minimum Gasteiger partial charge on any atom is -0.493 e. The van der Waals surface area contributed by atoms with E-state index in [1.807, 2.05) is 0 Å². The number of imide groups is 1. The topological polar surface area (TPSA) is 128 Å². The lowest BCUT2D eigenvalue weighted by Crippen LogP contribution is -2.32. The van der Waals surface area contributed by atoms with Gasteiger partial charge in [0.1, 0.15) is 17.3 Å². The summed E-state index contributed by atoms with van der Waals surface area (Å²) in [6.07, 6.45) is 1.46. The van der Waals surface area contributed by atoms with E-state index in [0.717, 1.165) is 16.7 Å². The maximum atomic E-state index is 12.9. The third kappa shape index (κ3) is 7.14. The van der Waals surface area contributed by atoms with E-state index in [1.165, 1.54) is 56.5 Å². The first-order valence-electron chi connectivity index (χ1n) is 11.7. The van der Waals surface area contributed by atoms with Crippen molar-refractivity contribution in [1.29, 1.82) is 0 Å².